The number of hydrogen-bond donors (Lipinski definition) is 1. The Bertz CT molecular complexity index is 1200. The molecule has 0 aliphatic carbocycles. The first-order valence-electron chi connectivity index (χ1n) is 9.03. The van der Waals surface area contributed by atoms with Gasteiger partial charge in [0.05, 0.1) is 17.4 Å². The van der Waals surface area contributed by atoms with Gasteiger partial charge in [-0.1, -0.05) is 42.5 Å². The molecule has 1 N–H and O–H groups in total. The lowest BCUT2D eigenvalue weighted by atomic mass is 10.1. The molecule has 138 valence electrons. The average Bonchev–Trinajstić information content (AvgIpc) is 2.72. The lowest BCUT2D eigenvalue weighted by Gasteiger charge is -2.11. The van der Waals surface area contributed by atoms with Crippen molar-refractivity contribution in [2.75, 3.05) is 5.32 Å². The summed E-state index contributed by atoms with van der Waals surface area (Å²) in [4.78, 5) is 29.7. The number of aryl methyl sites for hydroxylation is 1. The minimum atomic E-state index is -0.168. The number of para-hydroxylation sites is 2. The van der Waals surface area contributed by atoms with Crippen LogP contribution in [-0.4, -0.2) is 15.5 Å². The molecule has 0 radical (unpaired) electrons. The Labute approximate surface area is 162 Å². The van der Waals surface area contributed by atoms with E-state index < -0.39 is 0 Å². The van der Waals surface area contributed by atoms with Crippen molar-refractivity contribution in [3.05, 3.63) is 106 Å². The van der Waals surface area contributed by atoms with Crippen LogP contribution in [0.5, 0.6) is 0 Å². The van der Waals surface area contributed by atoms with E-state index in [2.05, 4.69) is 10.3 Å². The molecule has 0 saturated carbocycles. The third-order valence-electron chi connectivity index (χ3n) is 4.64. The topological polar surface area (TPSA) is 64.0 Å². The number of rotatable bonds is 4. The summed E-state index contributed by atoms with van der Waals surface area (Å²) in [5.41, 5.74) is 2.89. The normalized spacial score (nSPS) is 10.8. The molecule has 1 heterocycles. The van der Waals surface area contributed by atoms with E-state index in [1.54, 1.807) is 22.8 Å². The van der Waals surface area contributed by atoms with Crippen LogP contribution in [0.15, 0.2) is 83.7 Å². The van der Waals surface area contributed by atoms with E-state index in [9.17, 15) is 9.59 Å². The highest BCUT2D eigenvalue weighted by atomic mass is 16.1. The zero-order chi connectivity index (χ0) is 19.5. The van der Waals surface area contributed by atoms with Gasteiger partial charge in [0.1, 0.15) is 5.82 Å². The monoisotopic (exact) mass is 369 g/mol. The van der Waals surface area contributed by atoms with Crippen molar-refractivity contribution >= 4 is 22.5 Å². The molecule has 5 nitrogen and oxygen atoms in total. The maximum absolute atomic E-state index is 12.8. The van der Waals surface area contributed by atoms with E-state index in [1.165, 1.54) is 0 Å². The molecule has 0 saturated heterocycles. The molecule has 0 atom stereocenters. The predicted molar refractivity (Wildman–Crippen MR) is 111 cm³/mol. The summed E-state index contributed by atoms with van der Waals surface area (Å²) >= 11 is 0. The Hall–Kier alpha value is -3.73. The molecule has 0 spiro atoms. The Kier molecular flexibility index (Phi) is 4.72. The standard InChI is InChI=1S/C23H19N3O2/c1-16-24-21-10-6-5-9-20(21)23(28)26(16)15-17-11-13-18(14-12-17)22(27)25-19-7-3-2-4-8-19/h2-14H,15H2,1H3,(H,25,27). The van der Waals surface area contributed by atoms with Crippen molar-refractivity contribution in [3.8, 4) is 0 Å². The van der Waals surface area contributed by atoms with Gasteiger partial charge in [-0.2, -0.15) is 0 Å². The molecule has 1 aromatic heterocycles. The number of fused-ring (bicyclic) bond motifs is 1. The van der Waals surface area contributed by atoms with Gasteiger partial charge in [0.25, 0.3) is 11.5 Å². The Morgan fingerprint density at radius 3 is 2.36 bits per heavy atom. The molecule has 3 aromatic carbocycles. The van der Waals surface area contributed by atoms with E-state index in [-0.39, 0.29) is 11.5 Å². The summed E-state index contributed by atoms with van der Waals surface area (Å²) in [5.74, 6) is 0.494. The second-order valence-corrected chi connectivity index (χ2v) is 6.58. The van der Waals surface area contributed by atoms with Gasteiger partial charge < -0.3 is 5.32 Å². The van der Waals surface area contributed by atoms with Gasteiger partial charge in [-0.3, -0.25) is 14.2 Å². The molecule has 0 fully saturated rings. The average molecular weight is 369 g/mol. The third-order valence-corrected chi connectivity index (χ3v) is 4.64. The largest absolute Gasteiger partial charge is 0.322 e. The van der Waals surface area contributed by atoms with Crippen LogP contribution >= 0.6 is 0 Å². The van der Waals surface area contributed by atoms with E-state index in [0.717, 1.165) is 11.3 Å². The summed E-state index contributed by atoms with van der Waals surface area (Å²) in [5, 5.41) is 3.47. The third kappa shape index (κ3) is 3.55. The molecule has 4 aromatic rings. The van der Waals surface area contributed by atoms with Gasteiger partial charge in [-0.25, -0.2) is 4.98 Å². The van der Waals surface area contributed by atoms with Gasteiger partial charge >= 0.3 is 0 Å². The number of nitrogens with zero attached hydrogens (tertiary/aromatic N) is 2. The number of amides is 1. The maximum Gasteiger partial charge on any atom is 0.261 e. The summed E-state index contributed by atoms with van der Waals surface area (Å²) in [6.45, 7) is 2.23. The van der Waals surface area contributed by atoms with Gasteiger partial charge in [0, 0.05) is 11.3 Å². The maximum atomic E-state index is 12.8. The number of carbonyl (C=O) groups excluding carboxylic acids is 1. The van der Waals surface area contributed by atoms with E-state index in [1.807, 2.05) is 67.6 Å². The number of nitrogens with one attached hydrogen (secondary N) is 1. The number of anilines is 1. The van der Waals surface area contributed by atoms with Gasteiger partial charge in [0.2, 0.25) is 0 Å². The van der Waals surface area contributed by atoms with Crippen LogP contribution in [0.4, 0.5) is 5.69 Å². The summed E-state index contributed by atoms with van der Waals surface area (Å²) in [6.07, 6.45) is 0. The molecule has 0 bridgehead atoms. The molecule has 0 aliphatic rings. The molecule has 0 aliphatic heterocycles. The number of aromatic nitrogens is 2. The van der Waals surface area contributed by atoms with Crippen LogP contribution in [0.2, 0.25) is 0 Å². The SMILES string of the molecule is Cc1nc2ccccc2c(=O)n1Cc1ccc(C(=O)Nc2ccccc2)cc1. The van der Waals surface area contributed by atoms with Crippen LogP contribution in [0, 0.1) is 6.92 Å². The highest BCUT2D eigenvalue weighted by Crippen LogP contribution is 2.12. The first kappa shape index (κ1) is 17.7. The van der Waals surface area contributed by atoms with Crippen molar-refractivity contribution in [1.29, 1.82) is 0 Å². The second-order valence-electron chi connectivity index (χ2n) is 6.58. The molecular weight excluding hydrogens is 350 g/mol. The second kappa shape index (κ2) is 7.48. The van der Waals surface area contributed by atoms with Crippen LogP contribution in [0.25, 0.3) is 10.9 Å². The Morgan fingerprint density at radius 1 is 0.929 bits per heavy atom. The van der Waals surface area contributed by atoms with Crippen LogP contribution in [0.1, 0.15) is 21.7 Å². The molecule has 1 amide bonds. The van der Waals surface area contributed by atoms with E-state index in [0.29, 0.717) is 28.8 Å². The van der Waals surface area contributed by atoms with E-state index >= 15 is 0 Å². The highest BCUT2D eigenvalue weighted by molar-refractivity contribution is 6.04. The predicted octanol–water partition coefficient (Wildman–Crippen LogP) is 4.01. The molecule has 0 unspecified atom stereocenters. The fraction of sp³-hybridized carbons (Fsp3) is 0.0870. The van der Waals surface area contributed by atoms with Gasteiger partial charge in [0.15, 0.2) is 0 Å². The number of carbonyl (C=O) groups is 1. The van der Waals surface area contributed by atoms with Crippen LogP contribution in [-0.2, 0) is 6.54 Å². The summed E-state index contributed by atoms with van der Waals surface area (Å²) in [6, 6.07) is 23.9. The van der Waals surface area contributed by atoms with Crippen LogP contribution in [0.3, 0.4) is 0 Å². The minimum Gasteiger partial charge on any atom is -0.322 e. The Morgan fingerprint density at radius 2 is 1.61 bits per heavy atom. The molecular formula is C23H19N3O2. The molecule has 4 rings (SSSR count). The van der Waals surface area contributed by atoms with Gasteiger partial charge in [-0.05, 0) is 48.9 Å². The van der Waals surface area contributed by atoms with Crippen molar-refractivity contribution in [2.24, 2.45) is 0 Å². The van der Waals surface area contributed by atoms with Crippen molar-refractivity contribution in [2.45, 2.75) is 13.5 Å². The highest BCUT2D eigenvalue weighted by Gasteiger charge is 2.10. The van der Waals surface area contributed by atoms with Crippen molar-refractivity contribution in [3.63, 3.8) is 0 Å². The van der Waals surface area contributed by atoms with Crippen molar-refractivity contribution in [1.82, 2.24) is 9.55 Å². The zero-order valence-corrected chi connectivity index (χ0v) is 15.4. The number of benzene rings is 3. The smallest absolute Gasteiger partial charge is 0.261 e. The van der Waals surface area contributed by atoms with Crippen molar-refractivity contribution < 1.29 is 4.79 Å². The zero-order valence-electron chi connectivity index (χ0n) is 15.4. The first-order chi connectivity index (χ1) is 13.6. The van der Waals surface area contributed by atoms with Crippen LogP contribution < -0.4 is 10.9 Å². The van der Waals surface area contributed by atoms with E-state index in [4.69, 9.17) is 0 Å². The lowest BCUT2D eigenvalue weighted by Crippen LogP contribution is -2.24. The molecule has 28 heavy (non-hydrogen) atoms. The summed E-state index contributed by atoms with van der Waals surface area (Å²) in [7, 11) is 0. The quantitative estimate of drug-likeness (QED) is 0.591. The minimum absolute atomic E-state index is 0.0611. The fourth-order valence-electron chi connectivity index (χ4n) is 3.13. The fourth-order valence-corrected chi connectivity index (χ4v) is 3.13. The number of hydrogen-bond acceptors (Lipinski definition) is 3. The first-order valence-corrected chi connectivity index (χ1v) is 9.03. The lowest BCUT2D eigenvalue weighted by molar-refractivity contribution is 0.102. The van der Waals surface area contributed by atoms with Gasteiger partial charge in [-0.15, -0.1) is 0 Å². The Balaban J connectivity index is 1.56. The summed E-state index contributed by atoms with van der Waals surface area (Å²) < 4.78 is 1.65. The molecule has 5 heteroatoms.